The lowest BCUT2D eigenvalue weighted by molar-refractivity contribution is 0.0694. The highest BCUT2D eigenvalue weighted by atomic mass is 32.1. The Morgan fingerprint density at radius 3 is 3.20 bits per heavy atom. The SMILES string of the molecule is C=CC#CC(=S)NOC[C@@H]1C[C@@H](O)CN1. The number of thiocarbonyl (C=S) groups is 1. The fraction of sp³-hybridized carbons (Fsp3) is 0.500. The number of aliphatic hydroxyl groups excluding tert-OH is 1. The van der Waals surface area contributed by atoms with Crippen molar-refractivity contribution in [2.24, 2.45) is 0 Å². The Morgan fingerprint density at radius 1 is 1.80 bits per heavy atom. The molecule has 1 fully saturated rings. The third-order valence-corrected chi connectivity index (χ3v) is 2.12. The van der Waals surface area contributed by atoms with Gasteiger partial charge in [0, 0.05) is 12.6 Å². The van der Waals surface area contributed by atoms with Crippen LogP contribution in [0, 0.1) is 11.8 Å². The van der Waals surface area contributed by atoms with Crippen LogP contribution in [0.3, 0.4) is 0 Å². The maximum atomic E-state index is 9.23. The maximum absolute atomic E-state index is 9.23. The highest BCUT2D eigenvalue weighted by Crippen LogP contribution is 2.05. The standard InChI is InChI=1S/C10H14N2O2S/c1-2-3-4-10(15)12-14-7-8-5-9(13)6-11-8/h2,8-9,11,13H,1,5-7H2,(H,12,15)/t8-,9+/m0/s1. The Hall–Kier alpha value is -0.930. The number of β-amino-alcohol motifs (C(OH)–C–C–N with tert-alkyl or cyclic N) is 1. The van der Waals surface area contributed by atoms with E-state index in [-0.39, 0.29) is 12.1 Å². The van der Waals surface area contributed by atoms with Crippen LogP contribution >= 0.6 is 12.2 Å². The molecule has 2 atom stereocenters. The van der Waals surface area contributed by atoms with Crippen molar-refractivity contribution in [1.29, 1.82) is 0 Å². The summed E-state index contributed by atoms with van der Waals surface area (Å²) in [7, 11) is 0. The molecule has 0 spiro atoms. The molecule has 1 saturated heterocycles. The first-order valence-electron chi connectivity index (χ1n) is 4.68. The van der Waals surface area contributed by atoms with Gasteiger partial charge in [0.15, 0.2) is 4.99 Å². The summed E-state index contributed by atoms with van der Waals surface area (Å²) in [5.74, 6) is 5.23. The Bertz CT molecular complexity index is 296. The van der Waals surface area contributed by atoms with E-state index in [1.54, 1.807) is 0 Å². The van der Waals surface area contributed by atoms with Gasteiger partial charge in [-0.25, -0.2) is 5.48 Å². The minimum atomic E-state index is -0.272. The number of hydroxylamine groups is 1. The predicted octanol–water partition coefficient (Wildman–Crippen LogP) is -0.253. The van der Waals surface area contributed by atoms with Crippen LogP contribution in [-0.4, -0.2) is 35.4 Å². The van der Waals surface area contributed by atoms with E-state index >= 15 is 0 Å². The first-order valence-corrected chi connectivity index (χ1v) is 5.09. The second-order valence-electron chi connectivity index (χ2n) is 3.21. The smallest absolute Gasteiger partial charge is 0.175 e. The Kier molecular flexibility index (Phi) is 5.29. The summed E-state index contributed by atoms with van der Waals surface area (Å²) in [5, 5.41) is 12.3. The van der Waals surface area contributed by atoms with Gasteiger partial charge in [-0.15, -0.1) is 0 Å². The van der Waals surface area contributed by atoms with Crippen molar-refractivity contribution in [3.05, 3.63) is 12.7 Å². The molecule has 1 rings (SSSR count). The quantitative estimate of drug-likeness (QED) is 0.352. The number of aliphatic hydroxyl groups is 1. The Labute approximate surface area is 94.6 Å². The van der Waals surface area contributed by atoms with Gasteiger partial charge < -0.3 is 10.4 Å². The number of nitrogens with one attached hydrogen (secondary N) is 2. The third-order valence-electron chi connectivity index (χ3n) is 1.94. The Balaban J connectivity index is 2.11. The lowest BCUT2D eigenvalue weighted by Crippen LogP contribution is -2.31. The zero-order valence-electron chi connectivity index (χ0n) is 8.32. The molecule has 0 aromatic rings. The van der Waals surface area contributed by atoms with Gasteiger partial charge in [-0.1, -0.05) is 12.5 Å². The summed E-state index contributed by atoms with van der Waals surface area (Å²) >= 11 is 4.86. The zero-order chi connectivity index (χ0) is 11.1. The average molecular weight is 226 g/mol. The first kappa shape index (κ1) is 12.1. The molecular weight excluding hydrogens is 212 g/mol. The van der Waals surface area contributed by atoms with E-state index in [2.05, 4.69) is 29.2 Å². The molecule has 1 aliphatic heterocycles. The molecule has 4 nitrogen and oxygen atoms in total. The number of hydrogen-bond acceptors (Lipinski definition) is 4. The highest BCUT2D eigenvalue weighted by molar-refractivity contribution is 7.80. The largest absolute Gasteiger partial charge is 0.392 e. The minimum Gasteiger partial charge on any atom is -0.392 e. The number of rotatable bonds is 3. The summed E-state index contributed by atoms with van der Waals surface area (Å²) in [6.45, 7) is 4.52. The molecule has 0 radical (unpaired) electrons. The molecule has 1 heterocycles. The summed E-state index contributed by atoms with van der Waals surface area (Å²) < 4.78 is 0. The second kappa shape index (κ2) is 6.53. The molecule has 0 unspecified atom stereocenters. The van der Waals surface area contributed by atoms with Crippen LogP contribution in [-0.2, 0) is 4.84 Å². The minimum absolute atomic E-state index is 0.169. The van der Waals surface area contributed by atoms with Gasteiger partial charge in [0.25, 0.3) is 0 Å². The van der Waals surface area contributed by atoms with Gasteiger partial charge in [0.05, 0.1) is 12.7 Å². The molecule has 0 saturated carbocycles. The maximum Gasteiger partial charge on any atom is 0.175 e. The van der Waals surface area contributed by atoms with E-state index in [0.29, 0.717) is 24.6 Å². The van der Waals surface area contributed by atoms with E-state index in [1.165, 1.54) is 6.08 Å². The third kappa shape index (κ3) is 4.91. The van der Waals surface area contributed by atoms with Crippen LogP contribution in [0.5, 0.6) is 0 Å². The molecule has 0 amide bonds. The van der Waals surface area contributed by atoms with Crippen molar-refractivity contribution in [2.75, 3.05) is 13.2 Å². The topological polar surface area (TPSA) is 53.5 Å². The van der Waals surface area contributed by atoms with Crippen LogP contribution in [0.4, 0.5) is 0 Å². The molecule has 3 N–H and O–H groups in total. The van der Waals surface area contributed by atoms with E-state index in [1.807, 2.05) is 0 Å². The lowest BCUT2D eigenvalue weighted by Gasteiger charge is -2.10. The first-order chi connectivity index (χ1) is 7.22. The monoisotopic (exact) mass is 226 g/mol. The van der Waals surface area contributed by atoms with Crippen molar-refractivity contribution >= 4 is 17.2 Å². The zero-order valence-corrected chi connectivity index (χ0v) is 9.14. The lowest BCUT2D eigenvalue weighted by atomic mass is 10.2. The van der Waals surface area contributed by atoms with Gasteiger partial charge in [0.2, 0.25) is 0 Å². The number of hydrogen-bond donors (Lipinski definition) is 3. The van der Waals surface area contributed by atoms with Crippen molar-refractivity contribution < 1.29 is 9.94 Å². The molecule has 0 bridgehead atoms. The molecule has 0 aromatic carbocycles. The van der Waals surface area contributed by atoms with Gasteiger partial charge in [-0.3, -0.25) is 4.84 Å². The summed E-state index contributed by atoms with van der Waals surface area (Å²) in [6, 6.07) is 0.169. The van der Waals surface area contributed by atoms with Crippen molar-refractivity contribution in [3.63, 3.8) is 0 Å². The van der Waals surface area contributed by atoms with Gasteiger partial charge in [-0.2, -0.15) is 0 Å². The van der Waals surface area contributed by atoms with E-state index < -0.39 is 0 Å². The van der Waals surface area contributed by atoms with E-state index in [9.17, 15) is 5.11 Å². The van der Waals surface area contributed by atoms with Crippen LogP contribution in [0.25, 0.3) is 0 Å². The fourth-order valence-electron chi connectivity index (χ4n) is 1.27. The van der Waals surface area contributed by atoms with E-state index in [0.717, 1.165) is 0 Å². The van der Waals surface area contributed by atoms with Crippen LogP contribution in [0.15, 0.2) is 12.7 Å². The van der Waals surface area contributed by atoms with Crippen LogP contribution in [0.2, 0.25) is 0 Å². The van der Waals surface area contributed by atoms with Crippen molar-refractivity contribution in [3.8, 4) is 11.8 Å². The fourth-order valence-corrected chi connectivity index (χ4v) is 1.39. The molecule has 0 aromatic heterocycles. The second-order valence-corrected chi connectivity index (χ2v) is 3.62. The van der Waals surface area contributed by atoms with Gasteiger partial charge in [0.1, 0.15) is 0 Å². The molecular formula is C10H14N2O2S. The van der Waals surface area contributed by atoms with E-state index in [4.69, 9.17) is 17.1 Å². The molecule has 5 heteroatoms. The van der Waals surface area contributed by atoms with Crippen LogP contribution in [0.1, 0.15) is 6.42 Å². The van der Waals surface area contributed by atoms with Gasteiger partial charge >= 0.3 is 0 Å². The summed E-state index contributed by atoms with van der Waals surface area (Å²) in [4.78, 5) is 5.45. The van der Waals surface area contributed by atoms with Crippen molar-refractivity contribution in [2.45, 2.75) is 18.6 Å². The Morgan fingerprint density at radius 2 is 2.60 bits per heavy atom. The van der Waals surface area contributed by atoms with Gasteiger partial charge in [-0.05, 0) is 30.6 Å². The summed E-state index contributed by atoms with van der Waals surface area (Å²) in [5.41, 5.74) is 2.55. The summed E-state index contributed by atoms with van der Waals surface area (Å²) in [6.07, 6.45) is 1.89. The highest BCUT2D eigenvalue weighted by Gasteiger charge is 2.21. The molecule has 15 heavy (non-hydrogen) atoms. The molecule has 82 valence electrons. The normalized spacial score (nSPS) is 24.1. The average Bonchev–Trinajstić information content (AvgIpc) is 2.61. The molecule has 1 aliphatic rings. The number of allylic oxidation sites excluding steroid dienone is 1. The molecule has 0 aliphatic carbocycles. The van der Waals surface area contributed by atoms with Crippen LogP contribution < -0.4 is 10.8 Å². The van der Waals surface area contributed by atoms with Crippen molar-refractivity contribution in [1.82, 2.24) is 10.8 Å². The predicted molar refractivity (Wildman–Crippen MR) is 62.1 cm³/mol.